The van der Waals surface area contributed by atoms with Crippen LogP contribution in [0.15, 0.2) is 0 Å². The quantitative estimate of drug-likeness (QED) is 0.480. The number of alkyl halides is 2. The lowest BCUT2D eigenvalue weighted by Crippen LogP contribution is -1.74. The number of hydrogen-bond donors (Lipinski definition) is 0. The van der Waals surface area contributed by atoms with Gasteiger partial charge in [-0.2, -0.15) is 0 Å². The topological polar surface area (TPSA) is 0 Å². The predicted molar refractivity (Wildman–Crippen MR) is 25.6 cm³/mol. The molecule has 0 unspecified atom stereocenters. The molecule has 0 aromatic rings. The van der Waals surface area contributed by atoms with Gasteiger partial charge < -0.3 is 0 Å². The van der Waals surface area contributed by atoms with E-state index in [-0.39, 0.29) is 0 Å². The SMILES string of the molecule is Cl[CH]C(Cl)Cl. The van der Waals surface area contributed by atoms with E-state index in [0.29, 0.717) is 0 Å². The van der Waals surface area contributed by atoms with Crippen molar-refractivity contribution in [3.05, 3.63) is 5.88 Å². The molecule has 31 valence electrons. The highest BCUT2D eigenvalue weighted by molar-refractivity contribution is 6.49. The monoisotopic (exact) mass is 131 g/mol. The molecule has 0 aliphatic rings. The van der Waals surface area contributed by atoms with E-state index >= 15 is 0 Å². The van der Waals surface area contributed by atoms with Crippen molar-refractivity contribution < 1.29 is 0 Å². The second-order valence-corrected chi connectivity index (χ2v) is 1.88. The third-order valence-electron chi connectivity index (χ3n) is 0.0952. The third-order valence-corrected chi connectivity index (χ3v) is 0.857. The molecule has 0 heterocycles. The summed E-state index contributed by atoms with van der Waals surface area (Å²) in [4.78, 5) is -0.531. The molecule has 1 radical (unpaired) electrons. The van der Waals surface area contributed by atoms with Crippen LogP contribution < -0.4 is 0 Å². The maximum atomic E-state index is 5.04. The van der Waals surface area contributed by atoms with E-state index in [2.05, 4.69) is 0 Å². The van der Waals surface area contributed by atoms with Crippen LogP contribution in [0.25, 0.3) is 0 Å². The van der Waals surface area contributed by atoms with Crippen molar-refractivity contribution in [1.29, 1.82) is 0 Å². The summed E-state index contributed by atoms with van der Waals surface area (Å²) in [5, 5.41) is 0. The normalized spacial score (nSPS) is 9.60. The first-order valence-corrected chi connectivity index (χ1v) is 2.30. The summed E-state index contributed by atoms with van der Waals surface area (Å²) in [5.74, 6) is 1.17. The van der Waals surface area contributed by atoms with E-state index in [1.54, 1.807) is 0 Å². The van der Waals surface area contributed by atoms with Crippen LogP contribution in [0.1, 0.15) is 0 Å². The zero-order valence-corrected chi connectivity index (χ0v) is 4.56. The Bertz CT molecular complexity index is 18.9. The van der Waals surface area contributed by atoms with Gasteiger partial charge in [0.1, 0.15) is 4.84 Å². The Kier molecular flexibility index (Phi) is 3.61. The Morgan fingerprint density at radius 3 is 1.60 bits per heavy atom. The van der Waals surface area contributed by atoms with Gasteiger partial charge in [0.2, 0.25) is 0 Å². The van der Waals surface area contributed by atoms with Crippen LogP contribution in [-0.4, -0.2) is 4.84 Å². The van der Waals surface area contributed by atoms with Gasteiger partial charge in [-0.15, -0.1) is 34.8 Å². The zero-order valence-electron chi connectivity index (χ0n) is 2.29. The summed E-state index contributed by atoms with van der Waals surface area (Å²) >= 11 is 15.0. The molecule has 0 nitrogen and oxygen atoms in total. The second-order valence-electron chi connectivity index (χ2n) is 0.460. The fourth-order valence-electron chi connectivity index (χ4n) is 0. The molecule has 0 aliphatic heterocycles. The summed E-state index contributed by atoms with van der Waals surface area (Å²) < 4.78 is 0. The molecule has 0 N–H and O–H groups in total. The predicted octanol–water partition coefficient (Wildman–Crippen LogP) is 2.19. The van der Waals surface area contributed by atoms with E-state index < -0.39 is 4.84 Å². The molecule has 0 aromatic carbocycles. The second kappa shape index (κ2) is 3.08. The summed E-state index contributed by atoms with van der Waals surface area (Å²) in [6.45, 7) is 0. The molecular weight excluding hydrogens is 130 g/mol. The van der Waals surface area contributed by atoms with Gasteiger partial charge >= 0.3 is 0 Å². The molecule has 0 spiro atoms. The van der Waals surface area contributed by atoms with E-state index in [1.165, 1.54) is 5.88 Å². The highest BCUT2D eigenvalue weighted by atomic mass is 35.5. The lowest BCUT2D eigenvalue weighted by atomic mass is 10.9. The van der Waals surface area contributed by atoms with Gasteiger partial charge in [0.15, 0.2) is 0 Å². The van der Waals surface area contributed by atoms with Gasteiger partial charge in [-0.25, -0.2) is 0 Å². The number of halogens is 3. The fraction of sp³-hybridized carbons (Fsp3) is 0.500. The average Bonchev–Trinajstić information content (AvgIpc) is 1.38. The molecule has 0 amide bonds. The number of hydrogen-bond acceptors (Lipinski definition) is 0. The van der Waals surface area contributed by atoms with Gasteiger partial charge in [-0.1, -0.05) is 0 Å². The fourth-order valence-corrected chi connectivity index (χ4v) is 0. The Morgan fingerprint density at radius 2 is 1.60 bits per heavy atom. The minimum absolute atomic E-state index is 0.531. The van der Waals surface area contributed by atoms with Crippen molar-refractivity contribution in [3.8, 4) is 0 Å². The minimum Gasteiger partial charge on any atom is -0.118 e. The Labute approximate surface area is 46.0 Å². The average molecular weight is 132 g/mol. The number of rotatable bonds is 1. The maximum Gasteiger partial charge on any atom is 0.125 e. The van der Waals surface area contributed by atoms with Crippen LogP contribution >= 0.6 is 34.8 Å². The molecule has 3 heteroatoms. The van der Waals surface area contributed by atoms with E-state index in [0.717, 1.165) is 0 Å². The van der Waals surface area contributed by atoms with E-state index in [4.69, 9.17) is 34.8 Å². The molecule has 0 saturated carbocycles. The summed E-state index contributed by atoms with van der Waals surface area (Å²) in [7, 11) is 0. The molecular formula is C2H2Cl3. The van der Waals surface area contributed by atoms with E-state index in [1.807, 2.05) is 0 Å². The van der Waals surface area contributed by atoms with Crippen LogP contribution in [0.5, 0.6) is 0 Å². The van der Waals surface area contributed by atoms with Crippen molar-refractivity contribution >= 4 is 34.8 Å². The largest absolute Gasteiger partial charge is 0.125 e. The molecule has 0 fully saturated rings. The molecule has 0 rings (SSSR count). The first kappa shape index (κ1) is 5.87. The highest BCUT2D eigenvalue weighted by Crippen LogP contribution is 2.06. The lowest BCUT2D eigenvalue weighted by Gasteiger charge is -1.81. The van der Waals surface area contributed by atoms with E-state index in [9.17, 15) is 0 Å². The molecule has 5 heavy (non-hydrogen) atoms. The maximum absolute atomic E-state index is 5.04. The van der Waals surface area contributed by atoms with Gasteiger partial charge in [0.25, 0.3) is 0 Å². The van der Waals surface area contributed by atoms with Crippen molar-refractivity contribution in [3.63, 3.8) is 0 Å². The van der Waals surface area contributed by atoms with Crippen LogP contribution in [-0.2, 0) is 0 Å². The smallest absolute Gasteiger partial charge is 0.118 e. The van der Waals surface area contributed by atoms with Gasteiger partial charge in [0, 0.05) is 0 Å². The van der Waals surface area contributed by atoms with Crippen LogP contribution in [0.4, 0.5) is 0 Å². The summed E-state index contributed by atoms with van der Waals surface area (Å²) in [6.07, 6.45) is 0. The van der Waals surface area contributed by atoms with Crippen LogP contribution in [0.2, 0.25) is 0 Å². The van der Waals surface area contributed by atoms with Crippen molar-refractivity contribution in [2.24, 2.45) is 0 Å². The Balaban J connectivity index is 2.54. The Morgan fingerprint density at radius 1 is 1.40 bits per heavy atom. The van der Waals surface area contributed by atoms with Gasteiger partial charge in [-0.05, 0) is 0 Å². The molecule has 0 bridgehead atoms. The first-order chi connectivity index (χ1) is 2.27. The Hall–Kier alpha value is 0.870. The first-order valence-electron chi connectivity index (χ1n) is 0.988. The summed E-state index contributed by atoms with van der Waals surface area (Å²) in [6, 6.07) is 0. The highest BCUT2D eigenvalue weighted by Gasteiger charge is 1.89. The molecule has 0 saturated heterocycles. The van der Waals surface area contributed by atoms with Gasteiger partial charge in [0.05, 0.1) is 5.88 Å². The van der Waals surface area contributed by atoms with Crippen molar-refractivity contribution in [2.45, 2.75) is 4.84 Å². The van der Waals surface area contributed by atoms with Crippen LogP contribution in [0, 0.1) is 5.88 Å². The summed E-state index contributed by atoms with van der Waals surface area (Å²) in [5.41, 5.74) is 0. The standard InChI is InChI=1S/C2H2Cl3/c3-1-2(4)5/h1-2H. The molecule has 0 aliphatic carbocycles. The van der Waals surface area contributed by atoms with Crippen molar-refractivity contribution in [2.75, 3.05) is 0 Å². The third kappa shape index (κ3) is 4.87. The minimum atomic E-state index is -0.531. The molecule has 0 aromatic heterocycles. The zero-order chi connectivity index (χ0) is 4.28. The van der Waals surface area contributed by atoms with Gasteiger partial charge in [-0.3, -0.25) is 0 Å². The lowest BCUT2D eigenvalue weighted by molar-refractivity contribution is 1.57. The molecule has 0 atom stereocenters. The van der Waals surface area contributed by atoms with Crippen molar-refractivity contribution in [1.82, 2.24) is 0 Å². The van der Waals surface area contributed by atoms with Crippen LogP contribution in [0.3, 0.4) is 0 Å².